The van der Waals surface area contributed by atoms with E-state index >= 15 is 0 Å². The Morgan fingerprint density at radius 3 is 2.40 bits per heavy atom. The first kappa shape index (κ1) is 12.5. The van der Waals surface area contributed by atoms with Gasteiger partial charge in [0.05, 0.1) is 0 Å². The molecule has 1 aliphatic rings. The molecule has 0 aliphatic heterocycles. The molecule has 0 aromatic heterocycles. The molecule has 1 aliphatic carbocycles. The zero-order valence-corrected chi connectivity index (χ0v) is 10.5. The first-order chi connectivity index (χ1) is 6.94. The highest BCUT2D eigenvalue weighted by molar-refractivity contribution is 5.81. The van der Waals surface area contributed by atoms with Crippen LogP contribution in [0, 0.1) is 5.92 Å². The smallest absolute Gasteiger partial charge is 0.225 e. The fourth-order valence-corrected chi connectivity index (χ4v) is 1.58. The monoisotopic (exact) mass is 212 g/mol. The van der Waals surface area contributed by atoms with Gasteiger partial charge in [-0.05, 0) is 40.5 Å². The summed E-state index contributed by atoms with van der Waals surface area (Å²) in [5, 5.41) is 3.41. The quantitative estimate of drug-likeness (QED) is 0.751. The minimum atomic E-state index is 0.141. The lowest BCUT2D eigenvalue weighted by Gasteiger charge is -2.25. The highest BCUT2D eigenvalue weighted by Crippen LogP contribution is 2.30. The number of carbonyl (C=O) groups is 1. The van der Waals surface area contributed by atoms with Gasteiger partial charge in [-0.25, -0.2) is 0 Å². The summed E-state index contributed by atoms with van der Waals surface area (Å²) in [5.74, 6) is 0.702. The van der Waals surface area contributed by atoms with Crippen molar-refractivity contribution < 1.29 is 4.79 Å². The third kappa shape index (κ3) is 4.65. The third-order valence-corrected chi connectivity index (χ3v) is 2.66. The van der Waals surface area contributed by atoms with Gasteiger partial charge < -0.3 is 10.2 Å². The summed E-state index contributed by atoms with van der Waals surface area (Å²) in [6.45, 7) is 11.0. The summed E-state index contributed by atoms with van der Waals surface area (Å²) in [5.41, 5.74) is 0.141. The van der Waals surface area contributed by atoms with Crippen molar-refractivity contribution in [3.05, 3.63) is 0 Å². The third-order valence-electron chi connectivity index (χ3n) is 2.66. The summed E-state index contributed by atoms with van der Waals surface area (Å²) in [7, 11) is 0. The van der Waals surface area contributed by atoms with Crippen molar-refractivity contribution in [2.75, 3.05) is 19.6 Å². The minimum Gasteiger partial charge on any atom is -0.341 e. The van der Waals surface area contributed by atoms with Gasteiger partial charge in [-0.3, -0.25) is 4.79 Å². The summed E-state index contributed by atoms with van der Waals surface area (Å²) in [6.07, 6.45) is 2.20. The maximum Gasteiger partial charge on any atom is 0.225 e. The fourth-order valence-electron chi connectivity index (χ4n) is 1.58. The van der Waals surface area contributed by atoms with Crippen molar-refractivity contribution in [3.8, 4) is 0 Å². The van der Waals surface area contributed by atoms with E-state index < -0.39 is 0 Å². The van der Waals surface area contributed by atoms with E-state index in [9.17, 15) is 4.79 Å². The van der Waals surface area contributed by atoms with Crippen LogP contribution in [0.15, 0.2) is 0 Å². The number of rotatable bonds is 5. The van der Waals surface area contributed by atoms with Gasteiger partial charge in [-0.2, -0.15) is 0 Å². The number of carbonyl (C=O) groups excluding carboxylic acids is 1. The van der Waals surface area contributed by atoms with Crippen LogP contribution in [-0.4, -0.2) is 36.0 Å². The second kappa shape index (κ2) is 4.97. The van der Waals surface area contributed by atoms with Crippen molar-refractivity contribution in [3.63, 3.8) is 0 Å². The zero-order chi connectivity index (χ0) is 11.5. The van der Waals surface area contributed by atoms with Crippen molar-refractivity contribution in [2.24, 2.45) is 5.92 Å². The molecule has 0 aromatic carbocycles. The molecule has 0 heterocycles. The predicted octanol–water partition coefficient (Wildman–Crippen LogP) is 1.63. The Balaban J connectivity index is 2.24. The molecule has 0 unspecified atom stereocenters. The molecule has 0 aromatic rings. The largest absolute Gasteiger partial charge is 0.341 e. The molecule has 1 N–H and O–H groups in total. The van der Waals surface area contributed by atoms with E-state index in [-0.39, 0.29) is 5.54 Å². The molecule has 1 rings (SSSR count). The first-order valence-corrected chi connectivity index (χ1v) is 5.98. The van der Waals surface area contributed by atoms with Gasteiger partial charge in [0.2, 0.25) is 5.91 Å². The van der Waals surface area contributed by atoms with Crippen LogP contribution in [-0.2, 0) is 4.79 Å². The summed E-state index contributed by atoms with van der Waals surface area (Å²) in [4.78, 5) is 13.8. The van der Waals surface area contributed by atoms with E-state index in [1.807, 2.05) is 4.90 Å². The maximum absolute atomic E-state index is 11.8. The van der Waals surface area contributed by atoms with E-state index in [1.165, 1.54) is 0 Å². The van der Waals surface area contributed by atoms with E-state index in [4.69, 9.17) is 0 Å². The first-order valence-electron chi connectivity index (χ1n) is 5.98. The van der Waals surface area contributed by atoms with Crippen LogP contribution < -0.4 is 5.32 Å². The number of likely N-dealkylation sites (N-methyl/N-ethyl adjacent to an activating group) is 1. The average molecular weight is 212 g/mol. The van der Waals surface area contributed by atoms with Crippen LogP contribution in [0.4, 0.5) is 0 Å². The van der Waals surface area contributed by atoms with E-state index in [0.29, 0.717) is 11.8 Å². The number of hydrogen-bond donors (Lipinski definition) is 1. The van der Waals surface area contributed by atoms with Crippen LogP contribution >= 0.6 is 0 Å². The Morgan fingerprint density at radius 1 is 1.40 bits per heavy atom. The van der Waals surface area contributed by atoms with Crippen molar-refractivity contribution in [1.29, 1.82) is 0 Å². The van der Waals surface area contributed by atoms with E-state index in [1.54, 1.807) is 0 Å². The standard InChI is InChI=1S/C12H24N2O/c1-5-14(11(15)10-6-7-10)9-8-13-12(2,3)4/h10,13H,5-9H2,1-4H3. The highest BCUT2D eigenvalue weighted by Gasteiger charge is 2.32. The van der Waals surface area contributed by atoms with Gasteiger partial charge in [0.1, 0.15) is 0 Å². The Bertz CT molecular complexity index is 216. The van der Waals surface area contributed by atoms with Crippen LogP contribution in [0.5, 0.6) is 0 Å². The van der Waals surface area contributed by atoms with Crippen molar-refractivity contribution in [1.82, 2.24) is 10.2 Å². The lowest BCUT2D eigenvalue weighted by molar-refractivity contribution is -0.132. The van der Waals surface area contributed by atoms with Crippen LogP contribution in [0.2, 0.25) is 0 Å². The van der Waals surface area contributed by atoms with Crippen molar-refractivity contribution >= 4 is 5.91 Å². The van der Waals surface area contributed by atoms with Gasteiger partial charge in [0.25, 0.3) is 0 Å². The van der Waals surface area contributed by atoms with E-state index in [2.05, 4.69) is 33.0 Å². The molecule has 88 valence electrons. The molecule has 0 spiro atoms. The average Bonchev–Trinajstić information content (AvgIpc) is 2.92. The maximum atomic E-state index is 11.8. The van der Waals surface area contributed by atoms with Crippen molar-refractivity contribution in [2.45, 2.75) is 46.1 Å². The Labute approximate surface area is 93.2 Å². The zero-order valence-electron chi connectivity index (χ0n) is 10.5. The predicted molar refractivity (Wildman–Crippen MR) is 62.7 cm³/mol. The molecule has 3 nitrogen and oxygen atoms in total. The number of hydrogen-bond acceptors (Lipinski definition) is 2. The Hall–Kier alpha value is -0.570. The van der Waals surface area contributed by atoms with E-state index in [0.717, 1.165) is 32.5 Å². The second-order valence-electron chi connectivity index (χ2n) is 5.37. The molecular formula is C12H24N2O. The highest BCUT2D eigenvalue weighted by atomic mass is 16.2. The number of nitrogens with zero attached hydrogens (tertiary/aromatic N) is 1. The molecule has 1 fully saturated rings. The minimum absolute atomic E-state index is 0.141. The molecule has 1 amide bonds. The topological polar surface area (TPSA) is 32.3 Å². The normalized spacial score (nSPS) is 16.5. The Kier molecular flexibility index (Phi) is 4.14. The molecule has 0 bridgehead atoms. The fraction of sp³-hybridized carbons (Fsp3) is 0.917. The van der Waals surface area contributed by atoms with Gasteiger partial charge in [-0.1, -0.05) is 0 Å². The Morgan fingerprint density at radius 2 is 2.00 bits per heavy atom. The van der Waals surface area contributed by atoms with Gasteiger partial charge in [0, 0.05) is 31.1 Å². The van der Waals surface area contributed by atoms with Crippen LogP contribution in [0.1, 0.15) is 40.5 Å². The number of nitrogens with one attached hydrogen (secondary N) is 1. The lowest BCUT2D eigenvalue weighted by Crippen LogP contribution is -2.43. The number of amides is 1. The lowest BCUT2D eigenvalue weighted by atomic mass is 10.1. The summed E-state index contributed by atoms with van der Waals surface area (Å²) in [6, 6.07) is 0. The summed E-state index contributed by atoms with van der Waals surface area (Å²) < 4.78 is 0. The van der Waals surface area contributed by atoms with Crippen LogP contribution in [0.25, 0.3) is 0 Å². The van der Waals surface area contributed by atoms with Crippen LogP contribution in [0.3, 0.4) is 0 Å². The molecule has 3 heteroatoms. The molecule has 0 atom stereocenters. The second-order valence-corrected chi connectivity index (χ2v) is 5.37. The molecular weight excluding hydrogens is 188 g/mol. The van der Waals surface area contributed by atoms with Gasteiger partial charge >= 0.3 is 0 Å². The molecule has 0 radical (unpaired) electrons. The molecule has 1 saturated carbocycles. The SMILES string of the molecule is CCN(CCNC(C)(C)C)C(=O)C1CC1. The van der Waals surface area contributed by atoms with Gasteiger partial charge in [-0.15, -0.1) is 0 Å². The molecule has 15 heavy (non-hydrogen) atoms. The molecule has 0 saturated heterocycles. The van der Waals surface area contributed by atoms with Gasteiger partial charge in [0.15, 0.2) is 0 Å². The summed E-state index contributed by atoms with van der Waals surface area (Å²) >= 11 is 0.